The van der Waals surface area contributed by atoms with Crippen LogP contribution >= 0.6 is 0 Å². The number of anilines is 1. The summed E-state index contributed by atoms with van der Waals surface area (Å²) >= 11 is 0. The maximum Gasteiger partial charge on any atom is 0.422 e. The number of nitrogens with one attached hydrogen (secondary N) is 1. The lowest BCUT2D eigenvalue weighted by Crippen LogP contribution is -2.58. The number of carbonyl (C=O) groups excluding carboxylic acids is 2. The highest BCUT2D eigenvalue weighted by Gasteiger charge is 2.59. The van der Waals surface area contributed by atoms with Gasteiger partial charge in [0.25, 0.3) is 0 Å². The number of amidine groups is 1. The van der Waals surface area contributed by atoms with Crippen molar-refractivity contribution in [3.8, 4) is 5.75 Å². The predicted octanol–water partition coefficient (Wildman–Crippen LogP) is 0.449. The van der Waals surface area contributed by atoms with Gasteiger partial charge in [-0.15, -0.1) is 0 Å². The van der Waals surface area contributed by atoms with Crippen molar-refractivity contribution < 1.29 is 23.8 Å². The van der Waals surface area contributed by atoms with Gasteiger partial charge in [-0.25, -0.2) is 9.59 Å². The number of benzene rings is 1. The molecule has 0 amide bonds. The van der Waals surface area contributed by atoms with Gasteiger partial charge in [0.05, 0.1) is 25.4 Å². The minimum Gasteiger partial charge on any atom is -0.497 e. The fourth-order valence-electron chi connectivity index (χ4n) is 3.68. The first kappa shape index (κ1) is 15.7. The number of rotatable bonds is 3. The molecule has 0 aliphatic carbocycles. The number of ether oxygens (including phenoxy) is 3. The summed E-state index contributed by atoms with van der Waals surface area (Å²) in [5.41, 5.74) is 1.87. The number of hydrogen-bond acceptors (Lipinski definition) is 8. The molecule has 1 aromatic carbocycles. The van der Waals surface area contributed by atoms with Crippen molar-refractivity contribution in [2.24, 2.45) is 10.9 Å². The topological polar surface area (TPSA) is 89.5 Å². The highest BCUT2D eigenvalue weighted by Crippen LogP contribution is 2.46. The van der Waals surface area contributed by atoms with Crippen LogP contribution in [0.5, 0.6) is 5.75 Å². The molecule has 0 aromatic heterocycles. The highest BCUT2D eigenvalue weighted by molar-refractivity contribution is 6.31. The van der Waals surface area contributed by atoms with E-state index < -0.39 is 17.8 Å². The van der Waals surface area contributed by atoms with Crippen LogP contribution < -0.4 is 15.0 Å². The summed E-state index contributed by atoms with van der Waals surface area (Å²) in [7, 11) is 3.34. The van der Waals surface area contributed by atoms with Crippen molar-refractivity contribution in [2.45, 2.75) is 18.8 Å². The molecule has 8 nitrogen and oxygen atoms in total. The van der Waals surface area contributed by atoms with Crippen molar-refractivity contribution in [3.05, 3.63) is 23.8 Å². The average molecular weight is 345 g/mol. The Balaban J connectivity index is 1.76. The number of carbonyl (C=O) groups is 2. The summed E-state index contributed by atoms with van der Waals surface area (Å²) in [5, 5.41) is 3.22. The van der Waals surface area contributed by atoms with Crippen LogP contribution in [0.2, 0.25) is 0 Å². The highest BCUT2D eigenvalue weighted by atomic mass is 16.8. The molecule has 3 aliphatic rings. The molecule has 3 aliphatic heterocycles. The molecule has 132 valence electrons. The van der Waals surface area contributed by atoms with Crippen LogP contribution in [0.4, 0.5) is 5.69 Å². The van der Waals surface area contributed by atoms with E-state index >= 15 is 0 Å². The first-order chi connectivity index (χ1) is 12.0. The summed E-state index contributed by atoms with van der Waals surface area (Å²) in [6.45, 7) is 1.51. The molecule has 0 saturated carbocycles. The van der Waals surface area contributed by atoms with Crippen molar-refractivity contribution in [1.29, 1.82) is 0 Å². The Morgan fingerprint density at radius 1 is 1.36 bits per heavy atom. The minimum atomic E-state index is -1.46. The Bertz CT molecular complexity index is 760. The summed E-state index contributed by atoms with van der Waals surface area (Å²) in [6.07, 6.45) is 1.11. The van der Waals surface area contributed by atoms with Gasteiger partial charge >= 0.3 is 17.8 Å². The van der Waals surface area contributed by atoms with Gasteiger partial charge in [0, 0.05) is 31.8 Å². The van der Waals surface area contributed by atoms with E-state index in [1.807, 2.05) is 18.2 Å². The summed E-state index contributed by atoms with van der Waals surface area (Å²) in [4.78, 5) is 29.8. The second kappa shape index (κ2) is 5.65. The summed E-state index contributed by atoms with van der Waals surface area (Å²) < 4.78 is 16.2. The third-order valence-corrected chi connectivity index (χ3v) is 4.93. The lowest BCUT2D eigenvalue weighted by atomic mass is 9.86. The molecule has 4 rings (SSSR count). The standard InChI is InChI=1S/C17H19N3O5/c1-20-13-9-12(23-2)4-3-10(13)7-11(8-14-18-5-6-19-14)17(20)24-15(21)16(22)25-17/h3-4,9,11H,5-8H2,1-2H3,(H,18,19). The van der Waals surface area contributed by atoms with E-state index in [2.05, 4.69) is 10.3 Å². The molecule has 1 saturated heterocycles. The van der Waals surface area contributed by atoms with Gasteiger partial charge in [-0.3, -0.25) is 4.99 Å². The molecular weight excluding hydrogens is 326 g/mol. The molecular formula is C17H19N3O5. The van der Waals surface area contributed by atoms with Crippen molar-refractivity contribution >= 4 is 23.5 Å². The fourth-order valence-corrected chi connectivity index (χ4v) is 3.68. The van der Waals surface area contributed by atoms with Gasteiger partial charge in [0.2, 0.25) is 0 Å². The zero-order valence-electron chi connectivity index (χ0n) is 14.1. The molecule has 1 aromatic rings. The van der Waals surface area contributed by atoms with Gasteiger partial charge in [0.15, 0.2) is 0 Å². The van der Waals surface area contributed by atoms with Crippen LogP contribution in [0.15, 0.2) is 23.2 Å². The van der Waals surface area contributed by atoms with E-state index in [0.29, 0.717) is 18.6 Å². The van der Waals surface area contributed by atoms with E-state index in [9.17, 15) is 9.59 Å². The zero-order chi connectivity index (χ0) is 17.6. The minimum absolute atomic E-state index is 0.266. The van der Waals surface area contributed by atoms with Crippen LogP contribution in [0.3, 0.4) is 0 Å². The van der Waals surface area contributed by atoms with E-state index in [-0.39, 0.29) is 5.92 Å². The third-order valence-electron chi connectivity index (χ3n) is 4.93. The average Bonchev–Trinajstić information content (AvgIpc) is 3.22. The second-order valence-corrected chi connectivity index (χ2v) is 6.32. The smallest absolute Gasteiger partial charge is 0.422 e. The number of aliphatic imine (C=N–C) groups is 1. The van der Waals surface area contributed by atoms with Crippen LogP contribution in [0.1, 0.15) is 12.0 Å². The first-order valence-electron chi connectivity index (χ1n) is 8.18. The van der Waals surface area contributed by atoms with Crippen LogP contribution in [0.25, 0.3) is 0 Å². The number of nitrogens with zero attached hydrogens (tertiary/aromatic N) is 2. The van der Waals surface area contributed by atoms with Crippen LogP contribution in [0, 0.1) is 5.92 Å². The van der Waals surface area contributed by atoms with E-state index in [0.717, 1.165) is 30.2 Å². The van der Waals surface area contributed by atoms with Crippen molar-refractivity contribution in [1.82, 2.24) is 5.32 Å². The Kier molecular flexibility index (Phi) is 3.55. The molecule has 25 heavy (non-hydrogen) atoms. The number of methoxy groups -OCH3 is 1. The molecule has 0 bridgehead atoms. The van der Waals surface area contributed by atoms with Gasteiger partial charge in [-0.1, -0.05) is 6.07 Å². The van der Waals surface area contributed by atoms with Crippen molar-refractivity contribution in [2.75, 3.05) is 32.1 Å². The van der Waals surface area contributed by atoms with Crippen molar-refractivity contribution in [3.63, 3.8) is 0 Å². The molecule has 8 heteroatoms. The molecule has 1 spiro atoms. The van der Waals surface area contributed by atoms with Crippen LogP contribution in [-0.2, 0) is 25.5 Å². The number of hydrogen-bond donors (Lipinski definition) is 1. The number of esters is 2. The lowest BCUT2D eigenvalue weighted by Gasteiger charge is -2.45. The maximum atomic E-state index is 11.8. The molecule has 0 radical (unpaired) electrons. The van der Waals surface area contributed by atoms with Gasteiger partial charge in [-0.2, -0.15) is 0 Å². The molecule has 1 unspecified atom stereocenters. The Hall–Kier alpha value is -2.77. The Morgan fingerprint density at radius 3 is 2.76 bits per heavy atom. The van der Waals surface area contributed by atoms with E-state index in [4.69, 9.17) is 14.2 Å². The molecule has 1 fully saturated rings. The Labute approximate surface area is 144 Å². The second-order valence-electron chi connectivity index (χ2n) is 6.32. The predicted molar refractivity (Wildman–Crippen MR) is 88.4 cm³/mol. The molecule has 1 N–H and O–H groups in total. The molecule has 3 heterocycles. The fraction of sp³-hybridized carbons (Fsp3) is 0.471. The normalized spacial score (nSPS) is 23.7. The first-order valence-corrected chi connectivity index (χ1v) is 8.18. The molecule has 1 atom stereocenters. The van der Waals surface area contributed by atoms with E-state index in [1.54, 1.807) is 19.1 Å². The van der Waals surface area contributed by atoms with Gasteiger partial charge < -0.3 is 24.4 Å². The maximum absolute atomic E-state index is 11.8. The van der Waals surface area contributed by atoms with E-state index in [1.165, 1.54) is 0 Å². The Morgan fingerprint density at radius 2 is 2.12 bits per heavy atom. The monoisotopic (exact) mass is 345 g/mol. The lowest BCUT2D eigenvalue weighted by molar-refractivity contribution is -0.201. The van der Waals surface area contributed by atoms with Crippen LogP contribution in [-0.4, -0.2) is 50.9 Å². The quantitative estimate of drug-likeness (QED) is 0.628. The summed E-state index contributed by atoms with van der Waals surface area (Å²) in [5.74, 6) is -2.14. The third kappa shape index (κ3) is 2.40. The largest absolute Gasteiger partial charge is 0.497 e. The van der Waals surface area contributed by atoms with Gasteiger partial charge in [-0.05, 0) is 18.1 Å². The van der Waals surface area contributed by atoms with Gasteiger partial charge in [0.1, 0.15) is 5.75 Å². The SMILES string of the molecule is COc1ccc2c(c1)N(C)C1(OC(=O)C(=O)O1)C(CC1=NCCN1)C2. The zero-order valence-corrected chi connectivity index (χ0v) is 14.1. The summed E-state index contributed by atoms with van der Waals surface area (Å²) in [6, 6.07) is 5.71. The number of fused-ring (bicyclic) bond motifs is 1.